The van der Waals surface area contributed by atoms with Crippen LogP contribution in [0.1, 0.15) is 18.2 Å². The Morgan fingerprint density at radius 3 is 2.87 bits per heavy atom. The Morgan fingerprint density at radius 2 is 2.10 bits per heavy atom. The molecule has 1 aliphatic heterocycles. The van der Waals surface area contributed by atoms with E-state index in [2.05, 4.69) is 20.3 Å². The molecule has 1 atom stereocenters. The van der Waals surface area contributed by atoms with Gasteiger partial charge in [0, 0.05) is 44.2 Å². The number of hydrogen-bond acceptors (Lipinski definition) is 7. The van der Waals surface area contributed by atoms with Gasteiger partial charge >= 0.3 is 0 Å². The predicted molar refractivity (Wildman–Crippen MR) is 110 cm³/mol. The van der Waals surface area contributed by atoms with Crippen molar-refractivity contribution in [3.05, 3.63) is 77.4 Å². The summed E-state index contributed by atoms with van der Waals surface area (Å²) in [6.07, 6.45) is 8.23. The van der Waals surface area contributed by atoms with Crippen LogP contribution in [-0.4, -0.2) is 50.0 Å². The third kappa shape index (κ3) is 4.87. The normalized spacial score (nSPS) is 16.3. The first kappa shape index (κ1) is 19.7. The molecule has 1 aliphatic rings. The number of ether oxygens (including phenoxy) is 1. The van der Waals surface area contributed by atoms with Crippen molar-refractivity contribution in [2.45, 2.75) is 19.1 Å². The summed E-state index contributed by atoms with van der Waals surface area (Å²) in [6, 6.07) is 8.73. The molecule has 0 spiro atoms. The van der Waals surface area contributed by atoms with E-state index in [-0.39, 0.29) is 24.0 Å². The monoisotopic (exact) mass is 406 g/mol. The fourth-order valence-electron chi connectivity index (χ4n) is 3.26. The van der Waals surface area contributed by atoms with E-state index in [0.717, 1.165) is 11.4 Å². The minimum Gasteiger partial charge on any atom is -0.368 e. The summed E-state index contributed by atoms with van der Waals surface area (Å²) in [7, 11) is 0. The molecule has 9 heteroatoms. The van der Waals surface area contributed by atoms with Crippen molar-refractivity contribution in [2.75, 3.05) is 25.0 Å². The van der Waals surface area contributed by atoms with Gasteiger partial charge in [-0.15, -0.1) is 0 Å². The molecular formula is C21H22N6O3. The second-order valence-electron chi connectivity index (χ2n) is 6.87. The number of aryl methyl sites for hydroxylation is 1. The number of nitrogens with zero attached hydrogens (tertiary/aromatic N) is 5. The van der Waals surface area contributed by atoms with Crippen molar-refractivity contribution in [3.63, 3.8) is 0 Å². The summed E-state index contributed by atoms with van der Waals surface area (Å²) in [6.45, 7) is 1.78. The van der Waals surface area contributed by atoms with Crippen LogP contribution < -0.4 is 10.9 Å². The van der Waals surface area contributed by atoms with Gasteiger partial charge in [-0.05, 0) is 18.2 Å². The molecule has 4 rings (SSSR count). The maximum absolute atomic E-state index is 12.6. The van der Waals surface area contributed by atoms with E-state index in [9.17, 15) is 9.59 Å². The molecule has 0 radical (unpaired) electrons. The van der Waals surface area contributed by atoms with Crippen molar-refractivity contribution < 1.29 is 9.53 Å². The van der Waals surface area contributed by atoms with Crippen LogP contribution in [0, 0.1) is 0 Å². The third-order valence-corrected chi connectivity index (χ3v) is 4.84. The minimum atomic E-state index is -0.285. The van der Waals surface area contributed by atoms with Gasteiger partial charge in [0.1, 0.15) is 11.9 Å². The number of rotatable bonds is 6. The van der Waals surface area contributed by atoms with Crippen LogP contribution in [-0.2, 0) is 16.1 Å². The lowest BCUT2D eigenvalue weighted by molar-refractivity contribution is -0.139. The largest absolute Gasteiger partial charge is 0.368 e. The lowest BCUT2D eigenvalue weighted by atomic mass is 10.1. The molecule has 0 bridgehead atoms. The van der Waals surface area contributed by atoms with E-state index in [1.165, 1.54) is 6.07 Å². The highest BCUT2D eigenvalue weighted by molar-refractivity contribution is 5.76. The molecule has 0 unspecified atom stereocenters. The van der Waals surface area contributed by atoms with Crippen LogP contribution in [0.4, 0.5) is 11.5 Å². The van der Waals surface area contributed by atoms with E-state index < -0.39 is 0 Å². The Hall–Kier alpha value is -3.59. The van der Waals surface area contributed by atoms with E-state index in [4.69, 9.17) is 4.74 Å². The number of morpholine rings is 1. The highest BCUT2D eigenvalue weighted by Crippen LogP contribution is 2.23. The van der Waals surface area contributed by atoms with Crippen LogP contribution in [0.25, 0.3) is 0 Å². The van der Waals surface area contributed by atoms with E-state index in [1.807, 2.05) is 12.1 Å². The number of pyridine rings is 2. The van der Waals surface area contributed by atoms with Gasteiger partial charge in [-0.1, -0.05) is 6.07 Å². The Morgan fingerprint density at radius 1 is 1.17 bits per heavy atom. The zero-order valence-electron chi connectivity index (χ0n) is 16.3. The molecule has 9 nitrogen and oxygen atoms in total. The van der Waals surface area contributed by atoms with Crippen LogP contribution in [0.3, 0.4) is 0 Å². The van der Waals surface area contributed by atoms with Gasteiger partial charge in [0.2, 0.25) is 5.91 Å². The maximum Gasteiger partial charge on any atom is 0.250 e. The predicted octanol–water partition coefficient (Wildman–Crippen LogP) is 1.77. The van der Waals surface area contributed by atoms with Crippen molar-refractivity contribution in [2.24, 2.45) is 0 Å². The van der Waals surface area contributed by atoms with Gasteiger partial charge in [-0.3, -0.25) is 19.6 Å². The average molecular weight is 406 g/mol. The summed E-state index contributed by atoms with van der Waals surface area (Å²) < 4.78 is 7.37. The fourth-order valence-corrected chi connectivity index (χ4v) is 3.26. The molecule has 1 fully saturated rings. The standard InChI is InChI=1S/C21H22N6O3/c28-20-3-1-2-9-26(20)10-6-21(29)27-11-12-30-18(15-27)17-5-4-16(13-24-17)25-19-14-22-7-8-23-19/h1-5,7-9,13-14,18H,6,10-12,15H2,(H,23,25)/t18-/m1/s1. The van der Waals surface area contributed by atoms with Gasteiger partial charge < -0.3 is 19.5 Å². The van der Waals surface area contributed by atoms with Crippen molar-refractivity contribution in [3.8, 4) is 0 Å². The summed E-state index contributed by atoms with van der Waals surface area (Å²) in [5.74, 6) is 0.634. The van der Waals surface area contributed by atoms with Gasteiger partial charge in [0.15, 0.2) is 0 Å². The molecule has 3 aromatic heterocycles. The molecule has 30 heavy (non-hydrogen) atoms. The third-order valence-electron chi connectivity index (χ3n) is 4.84. The molecule has 0 saturated carbocycles. The van der Waals surface area contributed by atoms with Gasteiger partial charge in [0.05, 0.1) is 36.9 Å². The van der Waals surface area contributed by atoms with Gasteiger partial charge in [-0.2, -0.15) is 0 Å². The topological polar surface area (TPSA) is 102 Å². The minimum absolute atomic E-state index is 0.00000754. The first-order valence-corrected chi connectivity index (χ1v) is 9.73. The van der Waals surface area contributed by atoms with Crippen molar-refractivity contribution in [1.29, 1.82) is 0 Å². The zero-order chi connectivity index (χ0) is 20.8. The first-order valence-electron chi connectivity index (χ1n) is 9.73. The zero-order valence-corrected chi connectivity index (χ0v) is 16.3. The molecular weight excluding hydrogens is 384 g/mol. The molecule has 0 aromatic carbocycles. The fraction of sp³-hybridized carbons (Fsp3) is 0.286. The van der Waals surface area contributed by atoms with Crippen LogP contribution in [0.5, 0.6) is 0 Å². The van der Waals surface area contributed by atoms with E-state index in [0.29, 0.717) is 32.1 Å². The summed E-state index contributed by atoms with van der Waals surface area (Å²) in [5, 5.41) is 3.13. The highest BCUT2D eigenvalue weighted by Gasteiger charge is 2.26. The molecule has 1 saturated heterocycles. The molecule has 4 heterocycles. The second kappa shape index (κ2) is 9.27. The quantitative estimate of drug-likeness (QED) is 0.665. The van der Waals surface area contributed by atoms with Crippen LogP contribution in [0.15, 0.2) is 66.1 Å². The number of anilines is 2. The smallest absolute Gasteiger partial charge is 0.250 e. The summed E-state index contributed by atoms with van der Waals surface area (Å²) >= 11 is 0. The summed E-state index contributed by atoms with van der Waals surface area (Å²) in [4.78, 5) is 38.8. The Balaban J connectivity index is 1.34. The summed E-state index contributed by atoms with van der Waals surface area (Å²) in [5.41, 5.74) is 1.44. The first-order chi connectivity index (χ1) is 14.7. The molecule has 1 amide bonds. The van der Waals surface area contributed by atoms with Crippen molar-refractivity contribution in [1.82, 2.24) is 24.4 Å². The van der Waals surface area contributed by atoms with Crippen molar-refractivity contribution >= 4 is 17.4 Å². The van der Waals surface area contributed by atoms with E-state index in [1.54, 1.807) is 52.6 Å². The lowest BCUT2D eigenvalue weighted by Gasteiger charge is -2.32. The van der Waals surface area contributed by atoms with Crippen LogP contribution in [0.2, 0.25) is 0 Å². The number of nitrogens with one attached hydrogen (secondary N) is 1. The lowest BCUT2D eigenvalue weighted by Crippen LogP contribution is -2.42. The highest BCUT2D eigenvalue weighted by atomic mass is 16.5. The van der Waals surface area contributed by atoms with Gasteiger partial charge in [0.25, 0.3) is 5.56 Å². The SMILES string of the molecule is O=C(CCn1ccccc1=O)N1CCO[C@@H](c2ccc(Nc3cnccn3)cn2)C1. The number of amides is 1. The van der Waals surface area contributed by atoms with E-state index >= 15 is 0 Å². The molecule has 1 N–H and O–H groups in total. The Kier molecular flexibility index (Phi) is 6.09. The Labute approximate surface area is 173 Å². The maximum atomic E-state index is 12.6. The average Bonchev–Trinajstić information content (AvgIpc) is 2.80. The number of hydrogen-bond donors (Lipinski definition) is 1. The number of carbonyl (C=O) groups excluding carboxylic acids is 1. The molecule has 0 aliphatic carbocycles. The number of aromatic nitrogens is 4. The van der Waals surface area contributed by atoms with Crippen LogP contribution >= 0.6 is 0 Å². The number of carbonyl (C=O) groups is 1. The molecule has 154 valence electrons. The molecule has 3 aromatic rings. The Bertz CT molecular complexity index is 1040. The van der Waals surface area contributed by atoms with Gasteiger partial charge in [-0.25, -0.2) is 4.98 Å². The second-order valence-corrected chi connectivity index (χ2v) is 6.87.